The quantitative estimate of drug-likeness (QED) is 0.686. The molecule has 2 aliphatic rings. The predicted octanol–water partition coefficient (Wildman–Crippen LogP) is 4.92. The average molecular weight is 296 g/mol. The Hall–Kier alpha value is -0.0800. The Bertz CT molecular complexity index is 283. The van der Waals surface area contributed by atoms with E-state index in [1.54, 1.807) is 0 Å². The van der Waals surface area contributed by atoms with E-state index in [-0.39, 0.29) is 0 Å². The molecule has 3 unspecified atom stereocenters. The molecular formula is C19H37NO. The Morgan fingerprint density at radius 1 is 1.19 bits per heavy atom. The molecule has 2 nitrogen and oxygen atoms in total. The molecule has 124 valence electrons. The number of hydrogen-bond acceptors (Lipinski definition) is 2. The fourth-order valence-electron chi connectivity index (χ4n) is 4.48. The van der Waals surface area contributed by atoms with Crippen LogP contribution in [-0.4, -0.2) is 25.3 Å². The topological polar surface area (TPSA) is 21.3 Å². The molecule has 0 bridgehead atoms. The fourth-order valence-corrected chi connectivity index (χ4v) is 4.48. The second kappa shape index (κ2) is 8.53. The summed E-state index contributed by atoms with van der Waals surface area (Å²) in [5.74, 6) is 0.863. The van der Waals surface area contributed by atoms with Gasteiger partial charge in [0, 0.05) is 12.6 Å². The zero-order chi connectivity index (χ0) is 15.1. The van der Waals surface area contributed by atoms with E-state index in [9.17, 15) is 0 Å². The summed E-state index contributed by atoms with van der Waals surface area (Å²) in [6.07, 6.45) is 14.0. The highest BCUT2D eigenvalue weighted by Gasteiger charge is 2.37. The first-order valence-electron chi connectivity index (χ1n) is 9.48. The molecule has 0 aromatic carbocycles. The Kier molecular flexibility index (Phi) is 7.01. The van der Waals surface area contributed by atoms with Gasteiger partial charge in [0.15, 0.2) is 0 Å². The summed E-state index contributed by atoms with van der Waals surface area (Å²) in [4.78, 5) is 0. The zero-order valence-electron chi connectivity index (χ0n) is 14.6. The van der Waals surface area contributed by atoms with Gasteiger partial charge in [0.2, 0.25) is 0 Å². The van der Waals surface area contributed by atoms with Crippen molar-refractivity contribution in [2.24, 2.45) is 11.3 Å². The third kappa shape index (κ3) is 5.25. The highest BCUT2D eigenvalue weighted by molar-refractivity contribution is 4.90. The molecule has 2 fully saturated rings. The fraction of sp³-hybridized carbons (Fsp3) is 1.00. The summed E-state index contributed by atoms with van der Waals surface area (Å²) in [5, 5.41) is 3.88. The van der Waals surface area contributed by atoms with E-state index < -0.39 is 0 Å². The molecule has 0 aromatic heterocycles. The first kappa shape index (κ1) is 17.3. The maximum Gasteiger partial charge on any atom is 0.0576 e. The minimum Gasteiger partial charge on any atom is -0.378 e. The van der Waals surface area contributed by atoms with Crippen molar-refractivity contribution in [3.63, 3.8) is 0 Å². The van der Waals surface area contributed by atoms with E-state index in [1.807, 2.05) is 0 Å². The lowest BCUT2D eigenvalue weighted by Gasteiger charge is -2.44. The van der Waals surface area contributed by atoms with Crippen molar-refractivity contribution >= 4 is 0 Å². The molecule has 0 amide bonds. The standard InChI is InChI=1S/C19H37NO/c1-4-14-20-18(12-7-9-16-10-8-15-21-16)17-11-5-6-13-19(17,2)3/h16-18,20H,4-15H2,1-3H3. The van der Waals surface area contributed by atoms with Crippen LogP contribution in [0.4, 0.5) is 0 Å². The van der Waals surface area contributed by atoms with Gasteiger partial charge in [-0.15, -0.1) is 0 Å². The van der Waals surface area contributed by atoms with Crippen LogP contribution in [0.1, 0.15) is 85.0 Å². The van der Waals surface area contributed by atoms with Crippen LogP contribution in [-0.2, 0) is 4.74 Å². The minimum atomic E-state index is 0.521. The van der Waals surface area contributed by atoms with Crippen LogP contribution in [0.5, 0.6) is 0 Å². The lowest BCUT2D eigenvalue weighted by molar-refractivity contribution is 0.0827. The minimum absolute atomic E-state index is 0.521. The largest absolute Gasteiger partial charge is 0.378 e. The lowest BCUT2D eigenvalue weighted by Crippen LogP contribution is -2.45. The van der Waals surface area contributed by atoms with Gasteiger partial charge in [-0.05, 0) is 69.2 Å². The van der Waals surface area contributed by atoms with Gasteiger partial charge >= 0.3 is 0 Å². The van der Waals surface area contributed by atoms with E-state index in [1.165, 1.54) is 70.8 Å². The summed E-state index contributed by atoms with van der Waals surface area (Å²) in [6.45, 7) is 9.45. The van der Waals surface area contributed by atoms with Crippen LogP contribution in [0.3, 0.4) is 0 Å². The molecule has 1 aliphatic carbocycles. The van der Waals surface area contributed by atoms with Crippen molar-refractivity contribution in [2.45, 2.75) is 97.1 Å². The van der Waals surface area contributed by atoms with Crippen LogP contribution < -0.4 is 5.32 Å². The third-order valence-electron chi connectivity index (χ3n) is 5.80. The van der Waals surface area contributed by atoms with Gasteiger partial charge in [-0.25, -0.2) is 0 Å². The van der Waals surface area contributed by atoms with Crippen LogP contribution in [0.25, 0.3) is 0 Å². The summed E-state index contributed by atoms with van der Waals surface area (Å²) in [6, 6.07) is 0.724. The molecule has 3 atom stereocenters. The van der Waals surface area contributed by atoms with Crippen molar-refractivity contribution in [1.29, 1.82) is 0 Å². The van der Waals surface area contributed by atoms with E-state index in [0.717, 1.165) is 18.6 Å². The SMILES string of the molecule is CCCNC(CCCC1CCCO1)C1CCCCC1(C)C. The lowest BCUT2D eigenvalue weighted by atomic mass is 9.65. The monoisotopic (exact) mass is 295 g/mol. The van der Waals surface area contributed by atoms with Gasteiger partial charge in [-0.2, -0.15) is 0 Å². The van der Waals surface area contributed by atoms with Crippen LogP contribution >= 0.6 is 0 Å². The van der Waals surface area contributed by atoms with Gasteiger partial charge in [0.05, 0.1) is 6.10 Å². The molecule has 0 spiro atoms. The molecule has 0 aromatic rings. The van der Waals surface area contributed by atoms with Crippen LogP contribution in [0, 0.1) is 11.3 Å². The average Bonchev–Trinajstić information content (AvgIpc) is 2.96. The van der Waals surface area contributed by atoms with E-state index >= 15 is 0 Å². The molecule has 1 N–H and O–H groups in total. The molecule has 1 saturated carbocycles. The van der Waals surface area contributed by atoms with E-state index in [0.29, 0.717) is 11.5 Å². The van der Waals surface area contributed by atoms with Crippen LogP contribution in [0.2, 0.25) is 0 Å². The third-order valence-corrected chi connectivity index (χ3v) is 5.80. The van der Waals surface area contributed by atoms with Crippen molar-refractivity contribution in [3.8, 4) is 0 Å². The van der Waals surface area contributed by atoms with Gasteiger partial charge < -0.3 is 10.1 Å². The second-order valence-corrected chi connectivity index (χ2v) is 7.97. The molecule has 1 saturated heterocycles. The molecule has 1 heterocycles. The van der Waals surface area contributed by atoms with Gasteiger partial charge in [-0.3, -0.25) is 0 Å². The number of nitrogens with one attached hydrogen (secondary N) is 1. The maximum absolute atomic E-state index is 5.78. The predicted molar refractivity (Wildman–Crippen MR) is 90.6 cm³/mol. The number of rotatable bonds is 8. The summed E-state index contributed by atoms with van der Waals surface area (Å²) < 4.78 is 5.78. The summed E-state index contributed by atoms with van der Waals surface area (Å²) >= 11 is 0. The van der Waals surface area contributed by atoms with Gasteiger partial charge in [0.25, 0.3) is 0 Å². The first-order chi connectivity index (χ1) is 10.1. The Morgan fingerprint density at radius 3 is 2.71 bits per heavy atom. The highest BCUT2D eigenvalue weighted by atomic mass is 16.5. The Labute approximate surface area is 132 Å². The van der Waals surface area contributed by atoms with E-state index in [4.69, 9.17) is 4.74 Å². The summed E-state index contributed by atoms with van der Waals surface area (Å²) in [7, 11) is 0. The van der Waals surface area contributed by atoms with Gasteiger partial charge in [0.1, 0.15) is 0 Å². The molecular weight excluding hydrogens is 258 g/mol. The first-order valence-corrected chi connectivity index (χ1v) is 9.48. The Morgan fingerprint density at radius 2 is 2.05 bits per heavy atom. The summed E-state index contributed by atoms with van der Waals surface area (Å²) in [5.41, 5.74) is 0.521. The molecule has 2 rings (SSSR count). The van der Waals surface area contributed by atoms with Gasteiger partial charge in [-0.1, -0.05) is 33.6 Å². The second-order valence-electron chi connectivity index (χ2n) is 7.97. The number of ether oxygens (including phenoxy) is 1. The highest BCUT2D eigenvalue weighted by Crippen LogP contribution is 2.43. The molecule has 21 heavy (non-hydrogen) atoms. The van der Waals surface area contributed by atoms with Crippen molar-refractivity contribution < 1.29 is 4.74 Å². The van der Waals surface area contributed by atoms with E-state index in [2.05, 4.69) is 26.1 Å². The van der Waals surface area contributed by atoms with Crippen molar-refractivity contribution in [3.05, 3.63) is 0 Å². The van der Waals surface area contributed by atoms with Crippen molar-refractivity contribution in [2.75, 3.05) is 13.2 Å². The van der Waals surface area contributed by atoms with Crippen molar-refractivity contribution in [1.82, 2.24) is 5.32 Å². The molecule has 1 aliphatic heterocycles. The smallest absolute Gasteiger partial charge is 0.0576 e. The normalized spacial score (nSPS) is 30.4. The maximum atomic E-state index is 5.78. The van der Waals surface area contributed by atoms with Crippen LogP contribution in [0.15, 0.2) is 0 Å². The number of hydrogen-bond donors (Lipinski definition) is 1. The Balaban J connectivity index is 1.83. The molecule has 2 heteroatoms. The zero-order valence-corrected chi connectivity index (χ0v) is 14.6. The molecule has 0 radical (unpaired) electrons.